The van der Waals surface area contributed by atoms with Crippen molar-refractivity contribution in [2.75, 3.05) is 13.1 Å². The first kappa shape index (κ1) is 18.7. The molecule has 1 atom stereocenters. The highest BCUT2D eigenvalue weighted by Gasteiger charge is 2.34. The lowest BCUT2D eigenvalue weighted by molar-refractivity contribution is -0.128. The number of benzene rings is 1. The Labute approximate surface area is 161 Å². The summed E-state index contributed by atoms with van der Waals surface area (Å²) in [5.41, 5.74) is 1.71. The zero-order chi connectivity index (χ0) is 20.1. The standard InChI is InChI=1S/C21H22F2N2O3/c1-21(2,3)11-25-10-12(8-17(25)26)13-4-5-16(28-20(22)23)19-18(13)14-9-24-7-6-15(14)27-19/h4-7,9,12,20H,8,10-11H2,1-3H3. The highest BCUT2D eigenvalue weighted by atomic mass is 19.3. The number of fused-ring (bicyclic) bond motifs is 3. The number of aromatic nitrogens is 1. The molecule has 0 radical (unpaired) electrons. The molecule has 1 saturated heterocycles. The fraction of sp³-hybridized carbons (Fsp3) is 0.429. The molecule has 2 aromatic heterocycles. The van der Waals surface area contributed by atoms with Crippen molar-refractivity contribution in [3.63, 3.8) is 0 Å². The summed E-state index contributed by atoms with van der Waals surface area (Å²) < 4.78 is 36.2. The quantitative estimate of drug-likeness (QED) is 0.635. The number of amides is 1. The fourth-order valence-corrected chi connectivity index (χ4v) is 3.96. The van der Waals surface area contributed by atoms with E-state index in [1.807, 2.05) is 4.90 Å². The maximum absolute atomic E-state index is 12.8. The van der Waals surface area contributed by atoms with Crippen molar-refractivity contribution >= 4 is 27.8 Å². The molecular formula is C21H22F2N2O3. The smallest absolute Gasteiger partial charge is 0.387 e. The number of pyridine rings is 1. The van der Waals surface area contributed by atoms with Crippen molar-refractivity contribution in [2.45, 2.75) is 39.7 Å². The van der Waals surface area contributed by atoms with Gasteiger partial charge in [0.25, 0.3) is 0 Å². The van der Waals surface area contributed by atoms with Crippen molar-refractivity contribution < 1.29 is 22.7 Å². The molecule has 1 aliphatic rings. The summed E-state index contributed by atoms with van der Waals surface area (Å²) in [6, 6.07) is 4.95. The topological polar surface area (TPSA) is 55.6 Å². The summed E-state index contributed by atoms with van der Waals surface area (Å²) in [4.78, 5) is 18.6. The number of likely N-dealkylation sites (tertiary alicyclic amines) is 1. The van der Waals surface area contributed by atoms with Gasteiger partial charge in [-0.15, -0.1) is 0 Å². The molecule has 1 fully saturated rings. The van der Waals surface area contributed by atoms with Crippen LogP contribution in [-0.4, -0.2) is 35.5 Å². The Morgan fingerprint density at radius 1 is 1.32 bits per heavy atom. The van der Waals surface area contributed by atoms with Crippen molar-refractivity contribution in [3.05, 3.63) is 36.2 Å². The van der Waals surface area contributed by atoms with E-state index in [-0.39, 0.29) is 28.6 Å². The molecule has 0 bridgehead atoms. The molecule has 148 valence electrons. The maximum Gasteiger partial charge on any atom is 0.387 e. The molecule has 3 aromatic rings. The van der Waals surface area contributed by atoms with Crippen LogP contribution in [0.1, 0.15) is 38.7 Å². The van der Waals surface area contributed by atoms with Crippen LogP contribution in [-0.2, 0) is 4.79 Å². The number of rotatable bonds is 4. The van der Waals surface area contributed by atoms with E-state index in [0.717, 1.165) is 10.9 Å². The van der Waals surface area contributed by atoms with Gasteiger partial charge in [0.05, 0.1) is 0 Å². The van der Waals surface area contributed by atoms with Crippen molar-refractivity contribution in [1.82, 2.24) is 9.88 Å². The van der Waals surface area contributed by atoms with E-state index in [2.05, 4.69) is 30.5 Å². The van der Waals surface area contributed by atoms with E-state index < -0.39 is 6.61 Å². The number of nitrogens with zero attached hydrogens (tertiary/aromatic N) is 2. The predicted molar refractivity (Wildman–Crippen MR) is 102 cm³/mol. The molecule has 1 aromatic carbocycles. The number of hydrogen-bond acceptors (Lipinski definition) is 4. The highest BCUT2D eigenvalue weighted by Crippen LogP contribution is 2.42. The van der Waals surface area contributed by atoms with Gasteiger partial charge >= 0.3 is 6.61 Å². The van der Waals surface area contributed by atoms with Gasteiger partial charge in [0.1, 0.15) is 5.58 Å². The summed E-state index contributed by atoms with van der Waals surface area (Å²) in [6.07, 6.45) is 3.62. The summed E-state index contributed by atoms with van der Waals surface area (Å²) in [7, 11) is 0. The predicted octanol–water partition coefficient (Wildman–Crippen LogP) is 4.94. The number of furan rings is 1. The molecule has 28 heavy (non-hydrogen) atoms. The molecule has 0 aliphatic carbocycles. The van der Waals surface area contributed by atoms with Crippen LogP contribution in [0.5, 0.6) is 5.75 Å². The normalized spacial score (nSPS) is 18.0. The lowest BCUT2D eigenvalue weighted by Gasteiger charge is -2.26. The number of alkyl halides is 2. The van der Waals surface area contributed by atoms with Crippen molar-refractivity contribution in [2.24, 2.45) is 5.41 Å². The Hall–Kier alpha value is -2.70. The Kier molecular flexibility index (Phi) is 4.48. The SMILES string of the molecule is CC(C)(C)CN1CC(c2ccc(OC(F)F)c3oc4ccncc4c23)CC1=O. The molecule has 0 spiro atoms. The fourth-order valence-electron chi connectivity index (χ4n) is 3.96. The van der Waals surface area contributed by atoms with Gasteiger partial charge in [-0.3, -0.25) is 9.78 Å². The number of halogens is 2. The third kappa shape index (κ3) is 3.41. The zero-order valence-electron chi connectivity index (χ0n) is 16.0. The van der Waals surface area contributed by atoms with Gasteiger partial charge in [-0.25, -0.2) is 0 Å². The third-order valence-electron chi connectivity index (χ3n) is 4.95. The molecule has 1 aliphatic heterocycles. The average molecular weight is 388 g/mol. The van der Waals surface area contributed by atoms with Crippen LogP contribution >= 0.6 is 0 Å². The second-order valence-corrected chi connectivity index (χ2v) is 8.45. The van der Waals surface area contributed by atoms with Crippen LogP contribution in [0, 0.1) is 5.41 Å². The molecule has 1 unspecified atom stereocenters. The van der Waals surface area contributed by atoms with Gasteiger partial charge in [-0.1, -0.05) is 26.8 Å². The zero-order valence-corrected chi connectivity index (χ0v) is 16.0. The first-order chi connectivity index (χ1) is 13.2. The lowest BCUT2D eigenvalue weighted by Crippen LogP contribution is -2.33. The van der Waals surface area contributed by atoms with Gasteiger partial charge in [0.2, 0.25) is 5.91 Å². The van der Waals surface area contributed by atoms with E-state index in [1.54, 1.807) is 24.5 Å². The van der Waals surface area contributed by atoms with Gasteiger partial charge in [-0.05, 0) is 23.1 Å². The van der Waals surface area contributed by atoms with E-state index in [1.165, 1.54) is 6.07 Å². The molecule has 0 N–H and O–H groups in total. The van der Waals surface area contributed by atoms with Gasteiger partial charge < -0.3 is 14.1 Å². The third-order valence-corrected chi connectivity index (χ3v) is 4.95. The number of carbonyl (C=O) groups is 1. The van der Waals surface area contributed by atoms with E-state index in [0.29, 0.717) is 30.5 Å². The summed E-state index contributed by atoms with van der Waals surface area (Å²) in [5, 5.41) is 1.42. The van der Waals surface area contributed by atoms with Gasteiger partial charge in [-0.2, -0.15) is 8.78 Å². The minimum absolute atomic E-state index is 0.00108. The van der Waals surface area contributed by atoms with Crippen molar-refractivity contribution in [3.8, 4) is 5.75 Å². The molecule has 4 rings (SSSR count). The number of hydrogen-bond donors (Lipinski definition) is 0. The molecule has 0 saturated carbocycles. The Morgan fingerprint density at radius 2 is 2.11 bits per heavy atom. The second-order valence-electron chi connectivity index (χ2n) is 8.45. The van der Waals surface area contributed by atoms with Crippen LogP contribution in [0.15, 0.2) is 35.0 Å². The molecule has 5 nitrogen and oxygen atoms in total. The Morgan fingerprint density at radius 3 is 2.82 bits per heavy atom. The highest BCUT2D eigenvalue weighted by molar-refractivity contribution is 6.08. The lowest BCUT2D eigenvalue weighted by atomic mass is 9.93. The van der Waals surface area contributed by atoms with Gasteiger partial charge in [0, 0.05) is 48.6 Å². The average Bonchev–Trinajstić information content (AvgIpc) is 3.15. The second kappa shape index (κ2) is 6.72. The Bertz CT molecular complexity index is 1040. The van der Waals surface area contributed by atoms with Crippen LogP contribution in [0.25, 0.3) is 21.9 Å². The summed E-state index contributed by atoms with van der Waals surface area (Å²) in [5.74, 6) is 0.0479. The largest absolute Gasteiger partial charge is 0.452 e. The summed E-state index contributed by atoms with van der Waals surface area (Å²) >= 11 is 0. The number of carbonyl (C=O) groups excluding carboxylic acids is 1. The van der Waals surface area contributed by atoms with E-state index in [4.69, 9.17) is 4.42 Å². The van der Waals surface area contributed by atoms with E-state index in [9.17, 15) is 13.6 Å². The summed E-state index contributed by atoms with van der Waals surface area (Å²) in [6.45, 7) is 4.60. The Balaban J connectivity index is 1.81. The first-order valence-electron chi connectivity index (χ1n) is 9.24. The number of ether oxygens (including phenoxy) is 1. The monoisotopic (exact) mass is 388 g/mol. The molecular weight excluding hydrogens is 366 g/mol. The minimum atomic E-state index is -2.95. The van der Waals surface area contributed by atoms with Crippen LogP contribution in [0.4, 0.5) is 8.78 Å². The molecule has 3 heterocycles. The van der Waals surface area contributed by atoms with Gasteiger partial charge in [0.15, 0.2) is 11.3 Å². The maximum atomic E-state index is 12.8. The van der Waals surface area contributed by atoms with E-state index >= 15 is 0 Å². The van der Waals surface area contributed by atoms with Crippen LogP contribution in [0.2, 0.25) is 0 Å². The minimum Gasteiger partial charge on any atom is -0.452 e. The van der Waals surface area contributed by atoms with Crippen LogP contribution in [0.3, 0.4) is 0 Å². The van der Waals surface area contributed by atoms with Crippen LogP contribution < -0.4 is 4.74 Å². The molecule has 1 amide bonds. The molecule has 7 heteroatoms. The van der Waals surface area contributed by atoms with Crippen molar-refractivity contribution in [1.29, 1.82) is 0 Å². The first-order valence-corrected chi connectivity index (χ1v) is 9.24.